The summed E-state index contributed by atoms with van der Waals surface area (Å²) in [7, 11) is 0. The Balaban J connectivity index is 1.04. The van der Waals surface area contributed by atoms with Gasteiger partial charge in [-0.1, -0.05) is 142 Å². The predicted octanol–water partition coefficient (Wildman–Crippen LogP) is 14.1. The highest BCUT2D eigenvalue weighted by molar-refractivity contribution is 6.25. The average Bonchev–Trinajstić information content (AvgIpc) is 3.48. The second-order valence-corrected chi connectivity index (χ2v) is 17.0. The molecule has 5 nitrogen and oxygen atoms in total. The van der Waals surface area contributed by atoms with Crippen molar-refractivity contribution in [1.82, 2.24) is 4.90 Å². The Bertz CT molecular complexity index is 2170. The Morgan fingerprint density at radius 1 is 0.463 bits per heavy atom. The lowest BCUT2D eigenvalue weighted by atomic mass is 9.84. The summed E-state index contributed by atoms with van der Waals surface area (Å²) < 4.78 is 11.0. The summed E-state index contributed by atoms with van der Waals surface area (Å²) in [6.45, 7) is 11.1. The second kappa shape index (κ2) is 15.5. The molecule has 6 aromatic carbocycles. The van der Waals surface area contributed by atoms with Crippen molar-refractivity contribution in [3.05, 3.63) is 108 Å². The maximum absolute atomic E-state index is 12.8. The lowest BCUT2D eigenvalue weighted by molar-refractivity contribution is 0.00117. The minimum Gasteiger partial charge on any atom is -0.443 e. The van der Waals surface area contributed by atoms with Crippen molar-refractivity contribution in [2.24, 2.45) is 0 Å². The number of rotatable bonds is 11. The number of hydrogen-bond acceptors (Lipinski definition) is 4. The monoisotopic (exact) mass is 721 g/mol. The molecule has 280 valence electrons. The molecule has 0 N–H and O–H groups in total. The summed E-state index contributed by atoms with van der Waals surface area (Å²) in [6.07, 6.45) is 8.46. The van der Waals surface area contributed by atoms with Crippen LogP contribution in [0.5, 0.6) is 0 Å². The molecule has 0 heterocycles. The molecule has 1 aliphatic rings. The first-order valence-electron chi connectivity index (χ1n) is 20.0. The van der Waals surface area contributed by atoms with Crippen LogP contribution in [-0.2, 0) is 9.47 Å². The fourth-order valence-corrected chi connectivity index (χ4v) is 8.60. The van der Waals surface area contributed by atoms with Crippen molar-refractivity contribution in [3.63, 3.8) is 0 Å². The molecule has 0 aromatic heterocycles. The zero-order valence-electron chi connectivity index (χ0n) is 33.0. The van der Waals surface area contributed by atoms with Crippen molar-refractivity contribution >= 4 is 55.3 Å². The van der Waals surface area contributed by atoms with E-state index in [0.717, 1.165) is 37.0 Å². The molecule has 0 radical (unpaired) electrons. The molecule has 0 atom stereocenters. The van der Waals surface area contributed by atoms with Crippen molar-refractivity contribution in [2.75, 3.05) is 6.54 Å². The number of benzene rings is 6. The average molecular weight is 722 g/mol. The Labute approximate surface area is 320 Å². The van der Waals surface area contributed by atoms with Gasteiger partial charge in [-0.2, -0.15) is 0 Å². The molecule has 0 spiro atoms. The van der Waals surface area contributed by atoms with Gasteiger partial charge in [-0.25, -0.2) is 14.5 Å². The minimum atomic E-state index is -0.688. The van der Waals surface area contributed by atoms with Gasteiger partial charge in [0.1, 0.15) is 11.2 Å². The van der Waals surface area contributed by atoms with Crippen molar-refractivity contribution < 1.29 is 19.1 Å². The van der Waals surface area contributed by atoms with Gasteiger partial charge in [-0.05, 0) is 120 Å². The van der Waals surface area contributed by atoms with E-state index < -0.39 is 23.4 Å². The van der Waals surface area contributed by atoms with E-state index in [1.165, 1.54) is 91.0 Å². The zero-order valence-corrected chi connectivity index (χ0v) is 33.0. The van der Waals surface area contributed by atoms with Crippen LogP contribution in [0.4, 0.5) is 9.59 Å². The number of carbonyl (C=O) groups excluding carboxylic acids is 2. The SMILES string of the molecule is CC(C)(C)OC(=O)N(CCCCCCCCCCC1c2c(c3ccccc3c3ccccc23)-c2c1c1ccccc1c1ccccc21)C(=O)OC(C)(C)C. The summed E-state index contributed by atoms with van der Waals surface area (Å²) in [4.78, 5) is 26.8. The highest BCUT2D eigenvalue weighted by Gasteiger charge is 2.35. The van der Waals surface area contributed by atoms with Gasteiger partial charge in [-0.3, -0.25) is 0 Å². The van der Waals surface area contributed by atoms with Gasteiger partial charge < -0.3 is 9.47 Å². The number of nitrogens with zero attached hydrogens (tertiary/aromatic N) is 1. The highest BCUT2D eigenvalue weighted by Crippen LogP contribution is 2.57. The second-order valence-electron chi connectivity index (χ2n) is 17.0. The molecule has 5 heteroatoms. The van der Waals surface area contributed by atoms with Crippen LogP contribution in [0.2, 0.25) is 0 Å². The van der Waals surface area contributed by atoms with Crippen LogP contribution < -0.4 is 0 Å². The number of amides is 2. The fraction of sp³-hybridized carbons (Fsp3) is 0.388. The van der Waals surface area contributed by atoms with E-state index in [2.05, 4.69) is 97.1 Å². The van der Waals surface area contributed by atoms with Gasteiger partial charge in [0.25, 0.3) is 0 Å². The molecule has 7 rings (SSSR count). The predicted molar refractivity (Wildman–Crippen MR) is 224 cm³/mol. The van der Waals surface area contributed by atoms with Crippen LogP contribution in [-0.4, -0.2) is 34.8 Å². The van der Waals surface area contributed by atoms with E-state index in [9.17, 15) is 9.59 Å². The van der Waals surface area contributed by atoms with Crippen LogP contribution in [0.25, 0.3) is 54.2 Å². The van der Waals surface area contributed by atoms with Gasteiger partial charge in [-0.15, -0.1) is 0 Å². The molecule has 0 unspecified atom stereocenters. The van der Waals surface area contributed by atoms with Gasteiger partial charge in [0.15, 0.2) is 0 Å². The van der Waals surface area contributed by atoms with Gasteiger partial charge in [0.05, 0.1) is 0 Å². The van der Waals surface area contributed by atoms with Gasteiger partial charge in [0, 0.05) is 12.5 Å². The largest absolute Gasteiger partial charge is 0.443 e. The number of unbranched alkanes of at least 4 members (excludes halogenated alkanes) is 7. The quantitative estimate of drug-likeness (QED) is 0.0987. The summed E-state index contributed by atoms with van der Waals surface area (Å²) in [5, 5.41) is 10.8. The van der Waals surface area contributed by atoms with Crippen molar-refractivity contribution in [2.45, 2.75) is 116 Å². The molecule has 0 aliphatic heterocycles. The summed E-state index contributed by atoms with van der Waals surface area (Å²) in [5.74, 6) is 0.330. The Morgan fingerprint density at radius 3 is 1.17 bits per heavy atom. The number of imide groups is 1. The maximum atomic E-state index is 12.8. The summed E-state index contributed by atoms with van der Waals surface area (Å²) in [6, 6.07) is 36.1. The topological polar surface area (TPSA) is 55.8 Å². The number of hydrogen-bond donors (Lipinski definition) is 0. The normalized spacial score (nSPS) is 13.1. The lowest BCUT2D eigenvalue weighted by Crippen LogP contribution is -2.44. The van der Waals surface area contributed by atoms with Crippen molar-refractivity contribution in [3.8, 4) is 11.1 Å². The third-order valence-corrected chi connectivity index (χ3v) is 10.7. The highest BCUT2D eigenvalue weighted by atomic mass is 16.6. The fourth-order valence-electron chi connectivity index (χ4n) is 8.60. The maximum Gasteiger partial charge on any atom is 0.419 e. The molecular weight excluding hydrogens is 667 g/mol. The van der Waals surface area contributed by atoms with Crippen LogP contribution in [0, 0.1) is 0 Å². The molecule has 0 fully saturated rings. The van der Waals surface area contributed by atoms with E-state index >= 15 is 0 Å². The first kappa shape index (κ1) is 37.4. The van der Waals surface area contributed by atoms with E-state index in [-0.39, 0.29) is 0 Å². The van der Waals surface area contributed by atoms with Gasteiger partial charge in [0.2, 0.25) is 0 Å². The summed E-state index contributed by atoms with van der Waals surface area (Å²) in [5.41, 5.74) is 4.50. The number of fused-ring (bicyclic) bond motifs is 13. The molecule has 2 amide bonds. The smallest absolute Gasteiger partial charge is 0.419 e. The number of ether oxygens (including phenoxy) is 2. The van der Waals surface area contributed by atoms with Crippen LogP contribution in [0.15, 0.2) is 97.1 Å². The molecule has 54 heavy (non-hydrogen) atoms. The van der Waals surface area contributed by atoms with Gasteiger partial charge >= 0.3 is 12.2 Å². The third kappa shape index (κ3) is 7.69. The van der Waals surface area contributed by atoms with Crippen LogP contribution in [0.1, 0.15) is 116 Å². The van der Waals surface area contributed by atoms with E-state index in [1.807, 2.05) is 0 Å². The zero-order chi connectivity index (χ0) is 38.0. The molecule has 0 saturated carbocycles. The molecular formula is C49H55NO4. The van der Waals surface area contributed by atoms with Crippen LogP contribution >= 0.6 is 0 Å². The van der Waals surface area contributed by atoms with E-state index in [1.54, 1.807) is 41.5 Å². The standard InChI is InChI=1S/C49H55NO4/c1-48(2,3)53-46(51)50(47(52)54-49(4,5)6)32-22-12-10-8-7-9-11-13-31-41-42-37-27-18-14-23-33(37)35-25-16-20-29-39(35)44(42)45-40-30-21-17-26-36(40)34-24-15-19-28-38(34)43(41)45/h14-21,23-30,41H,7-13,22,31-32H2,1-6H3. The first-order chi connectivity index (χ1) is 25.9. The Morgan fingerprint density at radius 2 is 0.778 bits per heavy atom. The molecule has 1 aliphatic carbocycles. The number of carbonyl (C=O) groups is 2. The molecule has 6 aromatic rings. The Kier molecular flexibility index (Phi) is 10.7. The Hall–Kier alpha value is -4.90. The lowest BCUT2D eigenvalue weighted by Gasteiger charge is -2.28. The minimum absolute atomic E-state index is 0.294. The van der Waals surface area contributed by atoms with E-state index in [4.69, 9.17) is 9.47 Å². The van der Waals surface area contributed by atoms with Crippen LogP contribution in [0.3, 0.4) is 0 Å². The summed E-state index contributed by atoms with van der Waals surface area (Å²) >= 11 is 0. The first-order valence-corrected chi connectivity index (χ1v) is 20.0. The van der Waals surface area contributed by atoms with Crippen molar-refractivity contribution in [1.29, 1.82) is 0 Å². The third-order valence-electron chi connectivity index (χ3n) is 10.7. The molecule has 0 saturated heterocycles. The molecule has 0 bridgehead atoms. The van der Waals surface area contributed by atoms with E-state index in [0.29, 0.717) is 12.5 Å².